The molecule has 10 nitrogen and oxygen atoms in total. The molecule has 1 fully saturated rings. The summed E-state index contributed by atoms with van der Waals surface area (Å²) in [6.07, 6.45) is -1.61. The predicted molar refractivity (Wildman–Crippen MR) is 93.4 cm³/mol. The van der Waals surface area contributed by atoms with Gasteiger partial charge in [0.2, 0.25) is 0 Å². The van der Waals surface area contributed by atoms with Crippen molar-refractivity contribution in [2.75, 3.05) is 5.75 Å². The molecular formula is C16H15N3O7S. The first-order valence-electron chi connectivity index (χ1n) is 7.83. The molecule has 2 aliphatic rings. The Balaban J connectivity index is 1.69. The van der Waals surface area contributed by atoms with Crippen LogP contribution >= 0.6 is 11.8 Å². The third-order valence-electron chi connectivity index (χ3n) is 4.33. The summed E-state index contributed by atoms with van der Waals surface area (Å²) in [7, 11) is 0. The molecule has 2 aliphatic heterocycles. The highest BCUT2D eigenvalue weighted by atomic mass is 32.2. The second kappa shape index (κ2) is 7.00. The second-order valence-electron chi connectivity index (χ2n) is 6.08. The Morgan fingerprint density at radius 1 is 1.37 bits per heavy atom. The van der Waals surface area contributed by atoms with Crippen LogP contribution in [-0.4, -0.2) is 55.0 Å². The molecule has 1 aromatic carbocycles. The molecule has 27 heavy (non-hydrogen) atoms. The van der Waals surface area contributed by atoms with Gasteiger partial charge < -0.3 is 15.5 Å². The zero-order valence-electron chi connectivity index (χ0n) is 14.0. The lowest BCUT2D eigenvalue weighted by molar-refractivity contribution is -0.384. The van der Waals surface area contributed by atoms with Crippen LogP contribution in [0.25, 0.3) is 0 Å². The minimum absolute atomic E-state index is 0.0785. The van der Waals surface area contributed by atoms with Crippen molar-refractivity contribution in [3.63, 3.8) is 0 Å². The Morgan fingerprint density at radius 3 is 2.56 bits per heavy atom. The topological polar surface area (TPSA) is 150 Å². The number of carbonyl (C=O) groups excluding carboxylic acids is 2. The van der Waals surface area contributed by atoms with Crippen LogP contribution in [0.4, 0.5) is 5.69 Å². The van der Waals surface area contributed by atoms with Crippen molar-refractivity contribution in [3.8, 4) is 0 Å². The first-order chi connectivity index (χ1) is 12.7. The normalized spacial score (nSPS) is 22.6. The van der Waals surface area contributed by atoms with Crippen LogP contribution in [0.5, 0.6) is 0 Å². The molecule has 1 aromatic rings. The van der Waals surface area contributed by atoms with Gasteiger partial charge in [0.25, 0.3) is 17.5 Å². The average Bonchev–Trinajstić information content (AvgIpc) is 2.64. The summed E-state index contributed by atoms with van der Waals surface area (Å²) in [5, 5.41) is 31.9. The lowest BCUT2D eigenvalue weighted by Gasteiger charge is -2.49. The van der Waals surface area contributed by atoms with Crippen LogP contribution < -0.4 is 5.32 Å². The zero-order chi connectivity index (χ0) is 19.9. The van der Waals surface area contributed by atoms with Gasteiger partial charge in [-0.3, -0.25) is 24.6 Å². The number of rotatable bonds is 5. The van der Waals surface area contributed by atoms with E-state index < -0.39 is 40.2 Å². The van der Waals surface area contributed by atoms with E-state index >= 15 is 0 Å². The fraction of sp³-hybridized carbons (Fsp3) is 0.312. The van der Waals surface area contributed by atoms with E-state index in [9.17, 15) is 34.7 Å². The van der Waals surface area contributed by atoms with Crippen LogP contribution in [0, 0.1) is 10.1 Å². The third-order valence-corrected chi connectivity index (χ3v) is 5.75. The molecule has 0 radical (unpaired) electrons. The minimum Gasteiger partial charge on any atom is -0.477 e. The number of nitro benzene ring substituents is 1. The average molecular weight is 393 g/mol. The summed E-state index contributed by atoms with van der Waals surface area (Å²) in [5.74, 6) is -2.20. The van der Waals surface area contributed by atoms with Crippen molar-refractivity contribution in [3.05, 3.63) is 51.2 Å². The maximum atomic E-state index is 12.3. The van der Waals surface area contributed by atoms with Gasteiger partial charge in [0, 0.05) is 17.9 Å². The number of aliphatic hydroxyl groups excluding tert-OH is 1. The molecule has 3 atom stereocenters. The van der Waals surface area contributed by atoms with Crippen LogP contribution in [0.3, 0.4) is 0 Å². The molecule has 142 valence electrons. The summed E-state index contributed by atoms with van der Waals surface area (Å²) in [6, 6.07) is 3.87. The van der Waals surface area contributed by atoms with Gasteiger partial charge in [0.1, 0.15) is 17.1 Å². The minimum atomic E-state index is -1.61. The van der Waals surface area contributed by atoms with Crippen LogP contribution in [-0.2, 0) is 14.4 Å². The van der Waals surface area contributed by atoms with E-state index in [1.54, 1.807) is 6.92 Å². The molecule has 3 N–H and O–H groups in total. The number of nitrogens with zero attached hydrogens (tertiary/aromatic N) is 2. The number of aliphatic hydroxyl groups is 1. The molecule has 0 bridgehead atoms. The Bertz CT molecular complexity index is 867. The van der Waals surface area contributed by atoms with E-state index in [1.165, 1.54) is 23.9 Å². The third kappa shape index (κ3) is 3.26. The highest BCUT2D eigenvalue weighted by Crippen LogP contribution is 2.40. The number of carboxylic acids is 1. The number of hydrogen-bond acceptors (Lipinski definition) is 7. The Labute approximate surface area is 157 Å². The molecular weight excluding hydrogens is 378 g/mol. The molecule has 1 saturated heterocycles. The molecule has 0 aromatic heterocycles. The molecule has 3 unspecified atom stereocenters. The van der Waals surface area contributed by atoms with Gasteiger partial charge in [-0.15, -0.1) is 11.8 Å². The fourth-order valence-corrected chi connectivity index (χ4v) is 4.23. The van der Waals surface area contributed by atoms with E-state index in [0.29, 0.717) is 11.3 Å². The van der Waals surface area contributed by atoms with E-state index in [-0.39, 0.29) is 16.9 Å². The summed E-state index contributed by atoms with van der Waals surface area (Å²) < 4.78 is 0. The largest absolute Gasteiger partial charge is 0.477 e. The monoisotopic (exact) mass is 393 g/mol. The Kier molecular flexibility index (Phi) is 4.89. The van der Waals surface area contributed by atoms with Crippen molar-refractivity contribution in [2.45, 2.75) is 24.4 Å². The van der Waals surface area contributed by atoms with Crippen molar-refractivity contribution in [1.29, 1.82) is 0 Å². The van der Waals surface area contributed by atoms with Gasteiger partial charge in [0.05, 0.1) is 4.92 Å². The highest BCUT2D eigenvalue weighted by molar-refractivity contribution is 8.00. The smallest absolute Gasteiger partial charge is 0.352 e. The quantitative estimate of drug-likeness (QED) is 0.369. The standard InChI is InChI=1S/C16H15N3O7S/c1-7-6-27-15-10(14(22)18(15)11(7)16(23)24)17-13(21)12(20)8-2-4-9(5-3-8)19(25)26/h2-5,10,12,15,20H,6H2,1H3,(H,17,21)(H,23,24). The van der Waals surface area contributed by atoms with Gasteiger partial charge in [-0.05, 0) is 30.2 Å². The van der Waals surface area contributed by atoms with Crippen molar-refractivity contribution in [2.24, 2.45) is 0 Å². The SMILES string of the molecule is CC1=C(C(=O)O)N2C(=O)C(NC(=O)C(O)c3ccc([N+](=O)[O-])cc3)C2SC1. The number of carbonyl (C=O) groups is 3. The number of nitro groups is 1. The van der Waals surface area contributed by atoms with Gasteiger partial charge in [0.15, 0.2) is 6.10 Å². The molecule has 0 spiro atoms. The fourth-order valence-electron chi connectivity index (χ4n) is 2.94. The van der Waals surface area contributed by atoms with E-state index in [0.717, 1.165) is 17.0 Å². The summed E-state index contributed by atoms with van der Waals surface area (Å²) in [5.41, 5.74) is 0.441. The number of β-lactam (4-membered cyclic amide) rings is 1. The molecule has 11 heteroatoms. The van der Waals surface area contributed by atoms with Gasteiger partial charge in [-0.2, -0.15) is 0 Å². The molecule has 0 aliphatic carbocycles. The zero-order valence-corrected chi connectivity index (χ0v) is 14.8. The van der Waals surface area contributed by atoms with Crippen LogP contribution in [0.15, 0.2) is 35.5 Å². The van der Waals surface area contributed by atoms with E-state index in [1.807, 2.05) is 0 Å². The number of thioether (sulfide) groups is 1. The van der Waals surface area contributed by atoms with Gasteiger partial charge in [-0.25, -0.2) is 4.79 Å². The van der Waals surface area contributed by atoms with Gasteiger partial charge in [-0.1, -0.05) is 0 Å². The summed E-state index contributed by atoms with van der Waals surface area (Å²) in [6.45, 7) is 1.63. The second-order valence-corrected chi connectivity index (χ2v) is 7.19. The number of carboxylic acid groups (broad SMARTS) is 1. The highest BCUT2D eigenvalue weighted by Gasteiger charge is 2.54. The predicted octanol–water partition coefficient (Wildman–Crippen LogP) is 0.387. The van der Waals surface area contributed by atoms with Crippen molar-refractivity contribution >= 4 is 35.2 Å². The number of fused-ring (bicyclic) bond motifs is 1. The first kappa shape index (κ1) is 18.9. The molecule has 0 saturated carbocycles. The lowest BCUT2D eigenvalue weighted by atomic mass is 10.0. The maximum absolute atomic E-state index is 12.3. The van der Waals surface area contributed by atoms with Crippen LogP contribution in [0.1, 0.15) is 18.6 Å². The van der Waals surface area contributed by atoms with Gasteiger partial charge >= 0.3 is 5.97 Å². The maximum Gasteiger partial charge on any atom is 0.352 e. The number of amides is 2. The van der Waals surface area contributed by atoms with E-state index in [2.05, 4.69) is 5.32 Å². The van der Waals surface area contributed by atoms with Crippen LogP contribution in [0.2, 0.25) is 0 Å². The lowest BCUT2D eigenvalue weighted by Crippen LogP contribution is -2.70. The van der Waals surface area contributed by atoms with Crippen molar-refractivity contribution in [1.82, 2.24) is 10.2 Å². The van der Waals surface area contributed by atoms with Crippen molar-refractivity contribution < 1.29 is 29.5 Å². The number of aliphatic carboxylic acids is 1. The Morgan fingerprint density at radius 2 is 2.00 bits per heavy atom. The first-order valence-corrected chi connectivity index (χ1v) is 8.87. The number of non-ortho nitro benzene ring substituents is 1. The number of nitrogens with one attached hydrogen (secondary N) is 1. The molecule has 3 rings (SSSR count). The number of hydrogen-bond donors (Lipinski definition) is 3. The summed E-state index contributed by atoms with van der Waals surface area (Å²) >= 11 is 1.32. The Hall–Kier alpha value is -2.92. The molecule has 2 amide bonds. The molecule has 2 heterocycles. The van der Waals surface area contributed by atoms with E-state index in [4.69, 9.17) is 0 Å². The summed E-state index contributed by atoms with van der Waals surface area (Å²) in [4.78, 5) is 47.1. The number of benzene rings is 1.